The summed E-state index contributed by atoms with van der Waals surface area (Å²) < 4.78 is 57.7. The first kappa shape index (κ1) is 42.4. The second-order valence-corrected chi connectivity index (χ2v) is 9.71. The van der Waals surface area contributed by atoms with Crippen molar-refractivity contribution >= 4 is 30.0 Å². The normalized spacial score (nSPS) is 10.5. The van der Waals surface area contributed by atoms with Crippen molar-refractivity contribution in [3.05, 3.63) is 49.2 Å². The molecular weight excluding hydrogens is 630 g/mol. The van der Waals surface area contributed by atoms with Crippen LogP contribution in [0.25, 0.3) is 0 Å². The molecule has 0 atom stereocenters. The molecule has 0 rings (SSSR count). The second kappa shape index (κ2) is 24.6. The van der Waals surface area contributed by atoms with E-state index < -0.39 is 35.4 Å². The van der Waals surface area contributed by atoms with Crippen LogP contribution >= 0.6 is 0 Å². The van der Waals surface area contributed by atoms with Crippen molar-refractivity contribution in [2.45, 2.75) is 27.7 Å². The lowest BCUT2D eigenvalue weighted by molar-refractivity contribution is -0.159. The van der Waals surface area contributed by atoms with Gasteiger partial charge in [0.1, 0.15) is 50.3 Å². The molecule has 0 spiro atoms. The predicted molar refractivity (Wildman–Crippen MR) is 161 cm³/mol. The highest BCUT2D eigenvalue weighted by Crippen LogP contribution is 2.22. The van der Waals surface area contributed by atoms with E-state index >= 15 is 0 Å². The van der Waals surface area contributed by atoms with Gasteiger partial charge in [0.05, 0.1) is 31.8 Å². The molecular formula is C30H45NO16. The van der Waals surface area contributed by atoms with Crippen LogP contribution < -0.4 is 5.32 Å². The van der Waals surface area contributed by atoms with Gasteiger partial charge in [-0.3, -0.25) is 14.4 Å². The molecule has 0 aromatic rings. The summed E-state index contributed by atoms with van der Waals surface area (Å²) in [4.78, 5) is 57.0. The molecule has 0 fully saturated rings. The number of rotatable bonds is 27. The van der Waals surface area contributed by atoms with Gasteiger partial charge in [-0.1, -0.05) is 26.3 Å². The van der Waals surface area contributed by atoms with Crippen LogP contribution in [0, 0.1) is 5.41 Å². The highest BCUT2D eigenvalue weighted by atomic mass is 16.7. The van der Waals surface area contributed by atoms with E-state index in [0.717, 1.165) is 0 Å². The summed E-state index contributed by atoms with van der Waals surface area (Å²) in [6.07, 6.45) is -0.858. The van der Waals surface area contributed by atoms with E-state index in [4.69, 9.17) is 52.1 Å². The van der Waals surface area contributed by atoms with Gasteiger partial charge in [0.2, 0.25) is 0 Å². The van der Waals surface area contributed by atoms with Gasteiger partial charge in [-0.2, -0.15) is 0 Å². The Labute approximate surface area is 273 Å². The molecule has 0 unspecified atom stereocenters. The number of esters is 4. The van der Waals surface area contributed by atoms with Gasteiger partial charge in [-0.05, 0) is 6.92 Å². The Bertz CT molecular complexity index is 993. The molecule has 0 heterocycles. The summed E-state index contributed by atoms with van der Waals surface area (Å²) in [6, 6.07) is 0. The molecule has 17 nitrogen and oxygen atoms in total. The first-order chi connectivity index (χ1) is 22.2. The number of hydrogen-bond acceptors (Lipinski definition) is 16. The number of carbonyl (C=O) groups is 5. The summed E-state index contributed by atoms with van der Waals surface area (Å²) in [7, 11) is 0. The number of carbonyl (C=O) groups excluding carboxylic acids is 5. The molecule has 0 saturated carbocycles. The second-order valence-electron chi connectivity index (χ2n) is 9.71. The van der Waals surface area contributed by atoms with Crippen LogP contribution in [0.2, 0.25) is 0 Å². The van der Waals surface area contributed by atoms with Gasteiger partial charge in [-0.15, -0.1) is 0 Å². The van der Waals surface area contributed by atoms with E-state index in [1.165, 1.54) is 27.7 Å². The zero-order valence-corrected chi connectivity index (χ0v) is 27.3. The zero-order chi connectivity index (χ0) is 35.7. The topological polar surface area (TPSA) is 199 Å². The molecule has 0 aromatic heterocycles. The Morgan fingerprint density at radius 2 is 0.915 bits per heavy atom. The number of hydrogen-bond donors (Lipinski definition) is 1. The van der Waals surface area contributed by atoms with Gasteiger partial charge in [-0.25, -0.2) is 9.59 Å². The summed E-state index contributed by atoms with van der Waals surface area (Å²) in [5.74, 6) is -1.85. The quantitative estimate of drug-likeness (QED) is 0.0331. The lowest BCUT2D eigenvalue weighted by Crippen LogP contribution is -2.44. The van der Waals surface area contributed by atoms with Gasteiger partial charge >= 0.3 is 30.0 Å². The maximum absolute atomic E-state index is 12.5. The standard InChI is InChI=1S/C30H45NO16/c1-21(2)28(35)40-10-9-31-29(36)44-17-30(14-37-18-45-22(3)11-41-25(6)32,15-38-19-46-23(4)12-42-26(7)33)16-39-20-47-24(5)13-43-27(8)34/h1,3-5,9-20H2,2,6-8H3,(H,31,36). The molecule has 47 heavy (non-hydrogen) atoms. The average molecular weight is 676 g/mol. The van der Waals surface area contributed by atoms with Crippen LogP contribution in [0.5, 0.6) is 0 Å². The minimum atomic E-state index is -1.23. The SMILES string of the molecule is C=C(COC(C)=O)OCOCC(COCOC(=C)COC(C)=O)(COCOC(=C)COC(C)=O)COC(=O)NCCOC(=O)C(=C)C. The molecule has 0 aliphatic rings. The summed E-state index contributed by atoms with van der Waals surface area (Å²) >= 11 is 0. The summed E-state index contributed by atoms with van der Waals surface area (Å²) in [6.45, 7) is 16.8. The lowest BCUT2D eigenvalue weighted by Gasteiger charge is -2.32. The Morgan fingerprint density at radius 3 is 1.26 bits per heavy atom. The minimum absolute atomic E-state index is 0.0524. The van der Waals surface area contributed by atoms with Crippen molar-refractivity contribution in [3.63, 3.8) is 0 Å². The molecule has 0 aromatic carbocycles. The Balaban J connectivity index is 5.51. The first-order valence-electron chi connectivity index (χ1n) is 13.9. The molecule has 0 saturated heterocycles. The average Bonchev–Trinajstić information content (AvgIpc) is 3.01. The van der Waals surface area contributed by atoms with Crippen molar-refractivity contribution in [2.75, 3.05) is 79.8 Å². The molecule has 0 radical (unpaired) electrons. The van der Waals surface area contributed by atoms with Crippen molar-refractivity contribution in [3.8, 4) is 0 Å². The monoisotopic (exact) mass is 675 g/mol. The number of alkyl carbamates (subject to hydrolysis) is 1. The fraction of sp³-hybridized carbons (Fsp3) is 0.567. The third kappa shape index (κ3) is 24.3. The molecule has 0 bridgehead atoms. The number of amides is 1. The molecule has 0 aliphatic carbocycles. The lowest BCUT2D eigenvalue weighted by atomic mass is 9.92. The van der Waals surface area contributed by atoms with E-state index in [2.05, 4.69) is 31.6 Å². The van der Waals surface area contributed by atoms with Crippen LogP contribution in [-0.4, -0.2) is 110 Å². The molecule has 1 N–H and O–H groups in total. The van der Waals surface area contributed by atoms with Gasteiger partial charge in [0, 0.05) is 26.3 Å². The number of ether oxygens (including phenoxy) is 11. The van der Waals surface area contributed by atoms with E-state index in [1.54, 1.807) is 0 Å². The van der Waals surface area contributed by atoms with Gasteiger partial charge in [0.15, 0.2) is 20.4 Å². The smallest absolute Gasteiger partial charge is 0.407 e. The maximum atomic E-state index is 12.5. The number of nitrogens with one attached hydrogen (secondary N) is 1. The van der Waals surface area contributed by atoms with E-state index in [-0.39, 0.29) is 103 Å². The Kier molecular flexibility index (Phi) is 22.2. The largest absolute Gasteiger partial charge is 0.469 e. The van der Waals surface area contributed by atoms with Crippen molar-refractivity contribution in [1.82, 2.24) is 5.32 Å². The fourth-order valence-electron chi connectivity index (χ4n) is 2.76. The first-order valence-corrected chi connectivity index (χ1v) is 13.9. The van der Waals surface area contributed by atoms with Crippen molar-refractivity contribution in [1.29, 1.82) is 0 Å². The van der Waals surface area contributed by atoms with Crippen LogP contribution in [0.1, 0.15) is 27.7 Å². The van der Waals surface area contributed by atoms with E-state index in [9.17, 15) is 24.0 Å². The Morgan fingerprint density at radius 1 is 0.532 bits per heavy atom. The molecule has 17 heteroatoms. The highest BCUT2D eigenvalue weighted by molar-refractivity contribution is 5.86. The maximum Gasteiger partial charge on any atom is 0.407 e. The van der Waals surface area contributed by atoms with E-state index in [0.29, 0.717) is 0 Å². The minimum Gasteiger partial charge on any atom is -0.469 e. The fourth-order valence-corrected chi connectivity index (χ4v) is 2.76. The molecule has 0 aliphatic heterocycles. The van der Waals surface area contributed by atoms with Crippen LogP contribution in [0.3, 0.4) is 0 Å². The van der Waals surface area contributed by atoms with Crippen LogP contribution in [-0.2, 0) is 71.3 Å². The third-order valence-electron chi connectivity index (χ3n) is 5.04. The van der Waals surface area contributed by atoms with E-state index in [1.807, 2.05) is 0 Å². The van der Waals surface area contributed by atoms with Gasteiger partial charge < -0.3 is 57.4 Å². The molecule has 266 valence electrons. The third-order valence-corrected chi connectivity index (χ3v) is 5.04. The highest BCUT2D eigenvalue weighted by Gasteiger charge is 2.34. The zero-order valence-electron chi connectivity index (χ0n) is 27.3. The predicted octanol–water partition coefficient (Wildman–Crippen LogP) is 2.02. The molecule has 1 amide bonds. The summed E-state index contributed by atoms with van der Waals surface area (Å²) in [5.41, 5.74) is -1.03. The van der Waals surface area contributed by atoms with Crippen molar-refractivity contribution in [2.24, 2.45) is 5.41 Å². The Hall–Kier alpha value is -4.61. The summed E-state index contributed by atoms with van der Waals surface area (Å²) in [5, 5.41) is 2.44. The van der Waals surface area contributed by atoms with Crippen molar-refractivity contribution < 1.29 is 76.1 Å². The van der Waals surface area contributed by atoms with Gasteiger partial charge in [0.25, 0.3) is 0 Å². The van der Waals surface area contributed by atoms with Crippen LogP contribution in [0.15, 0.2) is 49.2 Å². The van der Waals surface area contributed by atoms with Crippen LogP contribution in [0.4, 0.5) is 4.79 Å².